The third-order valence-corrected chi connectivity index (χ3v) is 3.77. The Morgan fingerprint density at radius 3 is 2.23 bits per heavy atom. The lowest BCUT2D eigenvalue weighted by molar-refractivity contribution is -0.137. The van der Waals surface area contributed by atoms with Gasteiger partial charge in [0.2, 0.25) is 0 Å². The summed E-state index contributed by atoms with van der Waals surface area (Å²) in [4.78, 5) is 8.40. The van der Waals surface area contributed by atoms with Gasteiger partial charge in [0.25, 0.3) is 0 Å². The van der Waals surface area contributed by atoms with Crippen LogP contribution in [0.2, 0.25) is 5.15 Å². The Morgan fingerprint density at radius 1 is 0.885 bits per heavy atom. The molecule has 0 aliphatic heterocycles. The van der Waals surface area contributed by atoms with Gasteiger partial charge in [0.1, 0.15) is 5.15 Å². The fraction of sp³-hybridized carbons (Fsp3) is 0.158. The fourth-order valence-electron chi connectivity index (χ4n) is 2.32. The molecule has 1 aromatic heterocycles. The first-order valence-electron chi connectivity index (χ1n) is 7.74. The van der Waals surface area contributed by atoms with Crippen LogP contribution in [0, 0.1) is 0 Å². The molecule has 3 rings (SSSR count). The van der Waals surface area contributed by atoms with E-state index in [-0.39, 0.29) is 17.6 Å². The van der Waals surface area contributed by atoms with Crippen molar-refractivity contribution in [2.45, 2.75) is 19.4 Å². The maximum atomic E-state index is 12.7. The molecule has 0 radical (unpaired) electrons. The summed E-state index contributed by atoms with van der Waals surface area (Å²) in [6.45, 7) is 0.628. The van der Waals surface area contributed by atoms with E-state index in [4.69, 9.17) is 16.3 Å². The molecular weight excluding hydrogens is 365 g/mol. The molecule has 0 aliphatic rings. The predicted molar refractivity (Wildman–Crippen MR) is 92.4 cm³/mol. The number of aromatic nitrogens is 2. The van der Waals surface area contributed by atoms with E-state index in [0.717, 1.165) is 17.7 Å². The molecule has 2 aromatic carbocycles. The quantitative estimate of drug-likeness (QED) is 0.547. The molecule has 0 bridgehead atoms. The highest BCUT2D eigenvalue weighted by molar-refractivity contribution is 6.29. The second-order valence-corrected chi connectivity index (χ2v) is 5.95. The van der Waals surface area contributed by atoms with Crippen LogP contribution in [-0.2, 0) is 24.1 Å². The monoisotopic (exact) mass is 378 g/mol. The molecule has 0 spiro atoms. The van der Waals surface area contributed by atoms with E-state index in [9.17, 15) is 13.2 Å². The van der Waals surface area contributed by atoms with Crippen LogP contribution in [0.1, 0.15) is 16.8 Å². The van der Waals surface area contributed by atoms with E-state index >= 15 is 0 Å². The van der Waals surface area contributed by atoms with E-state index in [1.165, 1.54) is 12.1 Å². The standard InChI is InChI=1S/C19H14ClF3N2O/c20-17-10-16(12-26-11-13-4-2-1-3-5-13)24-18(25-17)14-6-8-15(9-7-14)19(21,22)23/h1-10H,11-12H2. The Kier molecular flexibility index (Phi) is 5.54. The van der Waals surface area contributed by atoms with E-state index in [2.05, 4.69) is 9.97 Å². The average molecular weight is 379 g/mol. The van der Waals surface area contributed by atoms with E-state index in [1.54, 1.807) is 6.07 Å². The normalized spacial score (nSPS) is 11.5. The summed E-state index contributed by atoms with van der Waals surface area (Å²) in [7, 11) is 0. The van der Waals surface area contributed by atoms with Crippen LogP contribution >= 0.6 is 11.6 Å². The number of rotatable bonds is 5. The first kappa shape index (κ1) is 18.4. The second kappa shape index (κ2) is 7.85. The number of nitrogens with zero attached hydrogens (tertiary/aromatic N) is 2. The van der Waals surface area contributed by atoms with Crippen molar-refractivity contribution in [1.29, 1.82) is 0 Å². The predicted octanol–water partition coefficient (Wildman–Crippen LogP) is 5.53. The van der Waals surface area contributed by atoms with Crippen molar-refractivity contribution in [2.24, 2.45) is 0 Å². The number of alkyl halides is 3. The minimum atomic E-state index is -4.38. The van der Waals surface area contributed by atoms with Gasteiger partial charge < -0.3 is 4.74 Å². The summed E-state index contributed by atoms with van der Waals surface area (Å²) in [6, 6.07) is 15.8. The third kappa shape index (κ3) is 4.80. The van der Waals surface area contributed by atoms with Crippen molar-refractivity contribution in [3.63, 3.8) is 0 Å². The molecule has 0 saturated carbocycles. The largest absolute Gasteiger partial charge is 0.416 e. The molecule has 0 unspecified atom stereocenters. The van der Waals surface area contributed by atoms with Crippen molar-refractivity contribution >= 4 is 11.6 Å². The van der Waals surface area contributed by atoms with Gasteiger partial charge in [0.05, 0.1) is 24.5 Å². The van der Waals surface area contributed by atoms with Crippen LogP contribution < -0.4 is 0 Å². The summed E-state index contributed by atoms with van der Waals surface area (Å²) in [5.74, 6) is 0.254. The summed E-state index contributed by atoms with van der Waals surface area (Å²) < 4.78 is 43.6. The van der Waals surface area contributed by atoms with Gasteiger partial charge in [-0.25, -0.2) is 9.97 Å². The maximum absolute atomic E-state index is 12.7. The zero-order chi connectivity index (χ0) is 18.6. The lowest BCUT2D eigenvalue weighted by Crippen LogP contribution is -2.04. The van der Waals surface area contributed by atoms with Crippen molar-refractivity contribution in [3.8, 4) is 11.4 Å². The van der Waals surface area contributed by atoms with Crippen molar-refractivity contribution < 1.29 is 17.9 Å². The van der Waals surface area contributed by atoms with Gasteiger partial charge in [-0.05, 0) is 23.8 Å². The number of hydrogen-bond donors (Lipinski definition) is 0. The highest BCUT2D eigenvalue weighted by Crippen LogP contribution is 2.30. The van der Waals surface area contributed by atoms with Crippen LogP contribution in [0.5, 0.6) is 0 Å². The molecule has 26 heavy (non-hydrogen) atoms. The molecule has 0 amide bonds. The molecule has 0 N–H and O–H groups in total. The Labute approximate surface area is 153 Å². The smallest absolute Gasteiger partial charge is 0.370 e. The second-order valence-electron chi connectivity index (χ2n) is 5.56. The molecule has 3 aromatic rings. The summed E-state index contributed by atoms with van der Waals surface area (Å²) in [6.07, 6.45) is -4.38. The maximum Gasteiger partial charge on any atom is 0.416 e. The number of halogens is 4. The van der Waals surface area contributed by atoms with Crippen LogP contribution in [0.25, 0.3) is 11.4 Å². The van der Waals surface area contributed by atoms with Gasteiger partial charge in [-0.1, -0.05) is 54.1 Å². The summed E-state index contributed by atoms with van der Waals surface area (Å²) in [5.41, 5.74) is 1.30. The minimum absolute atomic E-state index is 0.202. The number of ether oxygens (including phenoxy) is 1. The van der Waals surface area contributed by atoms with Crippen LogP contribution in [0.15, 0.2) is 60.7 Å². The van der Waals surface area contributed by atoms with Crippen LogP contribution in [0.4, 0.5) is 13.2 Å². The van der Waals surface area contributed by atoms with Gasteiger partial charge in [-0.3, -0.25) is 0 Å². The number of hydrogen-bond acceptors (Lipinski definition) is 3. The summed E-state index contributed by atoms with van der Waals surface area (Å²) in [5, 5.41) is 0.202. The Balaban J connectivity index is 1.73. The first-order valence-corrected chi connectivity index (χ1v) is 8.12. The van der Waals surface area contributed by atoms with Gasteiger partial charge >= 0.3 is 6.18 Å². The van der Waals surface area contributed by atoms with Gasteiger partial charge in [-0.15, -0.1) is 0 Å². The SMILES string of the molecule is FC(F)(F)c1ccc(-c2nc(Cl)cc(COCc3ccccc3)n2)cc1. The molecular formula is C19H14ClF3N2O. The lowest BCUT2D eigenvalue weighted by Gasteiger charge is -2.09. The summed E-state index contributed by atoms with van der Waals surface area (Å²) >= 11 is 6.01. The number of benzene rings is 2. The molecule has 0 atom stereocenters. The van der Waals surface area contributed by atoms with Gasteiger partial charge in [-0.2, -0.15) is 13.2 Å². The van der Waals surface area contributed by atoms with E-state index in [1.807, 2.05) is 30.3 Å². The van der Waals surface area contributed by atoms with Crippen molar-refractivity contribution in [3.05, 3.63) is 82.6 Å². The topological polar surface area (TPSA) is 35.0 Å². The zero-order valence-electron chi connectivity index (χ0n) is 13.5. The highest BCUT2D eigenvalue weighted by Gasteiger charge is 2.30. The fourth-order valence-corrected chi connectivity index (χ4v) is 2.53. The molecule has 0 fully saturated rings. The average Bonchev–Trinajstić information content (AvgIpc) is 2.62. The lowest BCUT2D eigenvalue weighted by atomic mass is 10.1. The van der Waals surface area contributed by atoms with Crippen molar-refractivity contribution in [1.82, 2.24) is 9.97 Å². The minimum Gasteiger partial charge on any atom is -0.370 e. The van der Waals surface area contributed by atoms with Gasteiger partial charge in [0.15, 0.2) is 5.82 Å². The molecule has 3 nitrogen and oxygen atoms in total. The van der Waals surface area contributed by atoms with Gasteiger partial charge in [0, 0.05) is 5.56 Å². The van der Waals surface area contributed by atoms with Crippen molar-refractivity contribution in [2.75, 3.05) is 0 Å². The van der Waals surface area contributed by atoms with E-state index in [0.29, 0.717) is 17.9 Å². The zero-order valence-corrected chi connectivity index (χ0v) is 14.3. The highest BCUT2D eigenvalue weighted by atomic mass is 35.5. The molecule has 0 aliphatic carbocycles. The molecule has 0 saturated heterocycles. The van der Waals surface area contributed by atoms with E-state index < -0.39 is 11.7 Å². The molecule has 1 heterocycles. The molecule has 7 heteroatoms. The Bertz CT molecular complexity index is 868. The van der Waals surface area contributed by atoms with Crippen LogP contribution in [0.3, 0.4) is 0 Å². The Hall–Kier alpha value is -2.44. The molecule has 134 valence electrons. The third-order valence-electron chi connectivity index (χ3n) is 3.58. The first-order chi connectivity index (χ1) is 12.4. The Morgan fingerprint density at radius 2 is 1.58 bits per heavy atom. The van der Waals surface area contributed by atoms with Crippen LogP contribution in [-0.4, -0.2) is 9.97 Å².